The molecule has 128 valence electrons. The van der Waals surface area contributed by atoms with Gasteiger partial charge >= 0.3 is 0 Å². The third kappa shape index (κ3) is 3.80. The topological polar surface area (TPSA) is 47.3 Å². The number of rotatable bonds is 3. The summed E-state index contributed by atoms with van der Waals surface area (Å²) in [5, 5.41) is 10.2. The summed E-state index contributed by atoms with van der Waals surface area (Å²) in [6.45, 7) is 2.37. The summed E-state index contributed by atoms with van der Waals surface area (Å²) in [6.07, 6.45) is 0. The molecule has 25 heavy (non-hydrogen) atoms. The van der Waals surface area contributed by atoms with Crippen LogP contribution in [0.1, 0.15) is 22.0 Å². The fraction of sp³-hybridized carbons (Fsp3) is 0.263. The van der Waals surface area contributed by atoms with E-state index in [9.17, 15) is 10.1 Å². The molecule has 1 aliphatic heterocycles. The number of nitriles is 1. The number of carbonyl (C=O) groups excluding carboxylic acids is 1. The molecular weight excluding hydrogens is 357 g/mol. The van der Waals surface area contributed by atoms with Crippen LogP contribution in [0.3, 0.4) is 0 Å². The Balaban J connectivity index is 1.68. The lowest BCUT2D eigenvalue weighted by Crippen LogP contribution is -2.49. The second-order valence-corrected chi connectivity index (χ2v) is 6.66. The lowest BCUT2D eigenvalue weighted by Gasteiger charge is -2.37. The fourth-order valence-corrected chi connectivity index (χ4v) is 3.41. The van der Waals surface area contributed by atoms with E-state index in [-0.39, 0.29) is 17.0 Å². The van der Waals surface area contributed by atoms with Crippen LogP contribution in [0.2, 0.25) is 10.0 Å². The van der Waals surface area contributed by atoms with Crippen molar-refractivity contribution in [1.82, 2.24) is 9.80 Å². The second kappa shape index (κ2) is 7.88. The molecule has 0 N–H and O–H groups in total. The van der Waals surface area contributed by atoms with Gasteiger partial charge in [-0.1, -0.05) is 59.6 Å². The number of hydrogen-bond donors (Lipinski definition) is 0. The highest BCUT2D eigenvalue weighted by Crippen LogP contribution is 2.27. The molecular formula is C19H17Cl2N3O. The molecule has 0 bridgehead atoms. The molecule has 4 nitrogen and oxygen atoms in total. The molecule has 1 fully saturated rings. The van der Waals surface area contributed by atoms with Gasteiger partial charge in [0.25, 0.3) is 5.91 Å². The Kier molecular flexibility index (Phi) is 5.60. The highest BCUT2D eigenvalue weighted by Gasteiger charge is 2.28. The highest BCUT2D eigenvalue weighted by atomic mass is 35.5. The van der Waals surface area contributed by atoms with Gasteiger partial charge in [0.05, 0.1) is 21.7 Å². The van der Waals surface area contributed by atoms with Gasteiger partial charge in [-0.3, -0.25) is 9.69 Å². The van der Waals surface area contributed by atoms with Gasteiger partial charge in [-0.15, -0.1) is 0 Å². The van der Waals surface area contributed by atoms with Crippen molar-refractivity contribution in [2.45, 2.75) is 6.04 Å². The molecule has 1 aliphatic rings. The average molecular weight is 374 g/mol. The molecule has 6 heteroatoms. The number of benzene rings is 2. The van der Waals surface area contributed by atoms with E-state index in [1.807, 2.05) is 30.3 Å². The summed E-state index contributed by atoms with van der Waals surface area (Å²) in [5.74, 6) is -0.125. The maximum absolute atomic E-state index is 12.7. The van der Waals surface area contributed by atoms with Gasteiger partial charge in [0.15, 0.2) is 0 Å². The lowest BCUT2D eigenvalue weighted by molar-refractivity contribution is 0.0606. The molecule has 1 unspecified atom stereocenters. The molecule has 0 aliphatic carbocycles. The molecule has 1 amide bonds. The first-order chi connectivity index (χ1) is 12.1. The van der Waals surface area contributed by atoms with E-state index in [1.165, 1.54) is 0 Å². The van der Waals surface area contributed by atoms with Gasteiger partial charge in [0.2, 0.25) is 0 Å². The largest absolute Gasteiger partial charge is 0.336 e. The second-order valence-electron chi connectivity index (χ2n) is 5.87. The predicted octanol–water partition coefficient (Wildman–Crippen LogP) is 4.02. The van der Waals surface area contributed by atoms with Gasteiger partial charge in [-0.05, 0) is 17.7 Å². The summed E-state index contributed by atoms with van der Waals surface area (Å²) in [4.78, 5) is 16.5. The van der Waals surface area contributed by atoms with Crippen molar-refractivity contribution in [1.29, 1.82) is 5.26 Å². The zero-order chi connectivity index (χ0) is 17.8. The summed E-state index contributed by atoms with van der Waals surface area (Å²) in [6, 6.07) is 16.8. The molecule has 0 saturated carbocycles. The standard InChI is InChI=1S/C19H17Cl2N3O/c20-16-8-4-7-15(18(16)21)19(25)24-11-9-23(10-12-24)17(13-22)14-5-2-1-3-6-14/h1-8,17H,9-12H2. The van der Waals surface area contributed by atoms with Gasteiger partial charge in [0.1, 0.15) is 6.04 Å². The van der Waals surface area contributed by atoms with Crippen LogP contribution in [0.4, 0.5) is 0 Å². The molecule has 0 aromatic heterocycles. The van der Waals surface area contributed by atoms with Crippen LogP contribution in [0.25, 0.3) is 0 Å². The smallest absolute Gasteiger partial charge is 0.255 e. The number of carbonyl (C=O) groups is 1. The Hall–Kier alpha value is -2.06. The normalized spacial score (nSPS) is 16.3. The van der Waals surface area contributed by atoms with Crippen LogP contribution in [0, 0.1) is 11.3 Å². The zero-order valence-corrected chi connectivity index (χ0v) is 15.0. The SMILES string of the molecule is N#CC(c1ccccc1)N1CCN(C(=O)c2cccc(Cl)c2Cl)CC1. The Morgan fingerprint density at radius 3 is 2.32 bits per heavy atom. The number of halogens is 2. The minimum Gasteiger partial charge on any atom is -0.336 e. The van der Waals surface area contributed by atoms with E-state index in [0.29, 0.717) is 36.8 Å². The molecule has 0 radical (unpaired) electrons. The summed E-state index contributed by atoms with van der Waals surface area (Å²) >= 11 is 12.2. The van der Waals surface area contributed by atoms with Crippen LogP contribution in [0.15, 0.2) is 48.5 Å². The Morgan fingerprint density at radius 1 is 1.00 bits per heavy atom. The number of nitrogens with zero attached hydrogens (tertiary/aromatic N) is 3. The van der Waals surface area contributed by atoms with Gasteiger partial charge in [-0.25, -0.2) is 0 Å². The number of amides is 1. The first-order valence-electron chi connectivity index (χ1n) is 8.03. The van der Waals surface area contributed by atoms with Crippen LogP contribution < -0.4 is 0 Å². The lowest BCUT2D eigenvalue weighted by atomic mass is 10.1. The summed E-state index contributed by atoms with van der Waals surface area (Å²) in [7, 11) is 0. The van der Waals surface area contributed by atoms with E-state index in [0.717, 1.165) is 5.56 Å². The third-order valence-electron chi connectivity index (χ3n) is 4.39. The number of piperazine rings is 1. The van der Waals surface area contributed by atoms with Crippen molar-refractivity contribution in [2.24, 2.45) is 0 Å². The van der Waals surface area contributed by atoms with Crippen LogP contribution in [-0.2, 0) is 0 Å². The van der Waals surface area contributed by atoms with E-state index in [4.69, 9.17) is 23.2 Å². The van der Waals surface area contributed by atoms with E-state index in [2.05, 4.69) is 11.0 Å². The van der Waals surface area contributed by atoms with Crippen molar-refractivity contribution in [2.75, 3.05) is 26.2 Å². The van der Waals surface area contributed by atoms with Gasteiger partial charge in [0, 0.05) is 26.2 Å². The maximum Gasteiger partial charge on any atom is 0.255 e. The average Bonchev–Trinajstić information content (AvgIpc) is 2.65. The predicted molar refractivity (Wildman–Crippen MR) is 98.7 cm³/mol. The highest BCUT2D eigenvalue weighted by molar-refractivity contribution is 6.43. The minimum absolute atomic E-state index is 0.125. The van der Waals surface area contributed by atoms with Crippen molar-refractivity contribution < 1.29 is 4.79 Å². The minimum atomic E-state index is -0.298. The van der Waals surface area contributed by atoms with E-state index in [1.54, 1.807) is 23.1 Å². The Bertz CT molecular complexity index is 796. The molecule has 0 spiro atoms. The van der Waals surface area contributed by atoms with Crippen LogP contribution in [0.5, 0.6) is 0 Å². The molecule has 2 aromatic rings. The molecule has 1 atom stereocenters. The maximum atomic E-state index is 12.7. The number of hydrogen-bond acceptors (Lipinski definition) is 3. The molecule has 2 aromatic carbocycles. The van der Waals surface area contributed by atoms with Crippen LogP contribution in [-0.4, -0.2) is 41.9 Å². The molecule has 1 heterocycles. The van der Waals surface area contributed by atoms with Gasteiger partial charge < -0.3 is 4.90 Å². The summed E-state index contributed by atoms with van der Waals surface area (Å²) < 4.78 is 0. The fourth-order valence-electron chi connectivity index (χ4n) is 3.02. The van der Waals surface area contributed by atoms with E-state index < -0.39 is 0 Å². The van der Waals surface area contributed by atoms with Crippen molar-refractivity contribution in [3.63, 3.8) is 0 Å². The summed E-state index contributed by atoms with van der Waals surface area (Å²) in [5.41, 5.74) is 1.39. The zero-order valence-electron chi connectivity index (χ0n) is 13.5. The Morgan fingerprint density at radius 2 is 1.68 bits per heavy atom. The molecule has 1 saturated heterocycles. The van der Waals surface area contributed by atoms with Crippen molar-refractivity contribution in [3.8, 4) is 6.07 Å². The molecule has 3 rings (SSSR count). The quantitative estimate of drug-likeness (QED) is 0.816. The van der Waals surface area contributed by atoms with Crippen LogP contribution >= 0.6 is 23.2 Å². The first-order valence-corrected chi connectivity index (χ1v) is 8.79. The van der Waals surface area contributed by atoms with Crippen molar-refractivity contribution >= 4 is 29.1 Å². The first kappa shape index (κ1) is 17.8. The van der Waals surface area contributed by atoms with E-state index >= 15 is 0 Å². The third-order valence-corrected chi connectivity index (χ3v) is 5.21. The van der Waals surface area contributed by atoms with Gasteiger partial charge in [-0.2, -0.15) is 5.26 Å². The Labute approximate surface area is 157 Å². The van der Waals surface area contributed by atoms with Crippen molar-refractivity contribution in [3.05, 3.63) is 69.7 Å². The monoisotopic (exact) mass is 373 g/mol.